The van der Waals surface area contributed by atoms with Crippen molar-refractivity contribution >= 4 is 11.3 Å². The Kier molecular flexibility index (Phi) is 6.33. The molecule has 0 spiro atoms. The number of ether oxygens (including phenoxy) is 1. The molecule has 2 rings (SSSR count). The van der Waals surface area contributed by atoms with Crippen LogP contribution in [0, 0.1) is 11.8 Å². The summed E-state index contributed by atoms with van der Waals surface area (Å²) in [5, 5.41) is 11.8. The van der Waals surface area contributed by atoms with E-state index in [1.165, 1.54) is 24.2 Å². The van der Waals surface area contributed by atoms with Crippen LogP contribution in [0.5, 0.6) is 5.75 Å². The number of aliphatic hydroxyl groups excluding tert-OH is 1. The van der Waals surface area contributed by atoms with E-state index in [0.29, 0.717) is 0 Å². The van der Waals surface area contributed by atoms with E-state index in [4.69, 9.17) is 4.74 Å². The molecule has 1 aromatic carbocycles. The van der Waals surface area contributed by atoms with Crippen LogP contribution in [-0.2, 0) is 0 Å². The van der Waals surface area contributed by atoms with Gasteiger partial charge in [-0.2, -0.15) is 0 Å². The van der Waals surface area contributed by atoms with Crippen LogP contribution in [0.4, 0.5) is 0 Å². The summed E-state index contributed by atoms with van der Waals surface area (Å²) in [5.41, 5.74) is 0.881. The van der Waals surface area contributed by atoms with Gasteiger partial charge in [0.05, 0.1) is 6.61 Å². The molecule has 0 aliphatic rings. The molecule has 1 atom stereocenters. The largest absolute Gasteiger partial charge is 0.494 e. The number of unbranched alkanes of at least 4 members (excludes halogenated alkanes) is 2. The van der Waals surface area contributed by atoms with Gasteiger partial charge in [-0.3, -0.25) is 0 Å². The van der Waals surface area contributed by atoms with Crippen molar-refractivity contribution < 1.29 is 9.84 Å². The topological polar surface area (TPSA) is 29.5 Å². The number of rotatable bonds is 6. The molecular formula is C18H20O2S. The maximum Gasteiger partial charge on any atom is 0.149 e. The molecule has 110 valence electrons. The maximum atomic E-state index is 9.90. The lowest BCUT2D eigenvalue weighted by molar-refractivity contribution is 0.242. The van der Waals surface area contributed by atoms with Gasteiger partial charge in [0.1, 0.15) is 11.9 Å². The van der Waals surface area contributed by atoms with Gasteiger partial charge in [-0.1, -0.05) is 37.7 Å². The number of hydrogen-bond donors (Lipinski definition) is 1. The highest BCUT2D eigenvalue weighted by Crippen LogP contribution is 2.18. The second-order valence-electron chi connectivity index (χ2n) is 4.77. The predicted molar refractivity (Wildman–Crippen MR) is 87.6 cm³/mol. The first-order valence-corrected chi connectivity index (χ1v) is 8.13. The highest BCUT2D eigenvalue weighted by atomic mass is 32.1. The van der Waals surface area contributed by atoms with E-state index in [-0.39, 0.29) is 0 Å². The van der Waals surface area contributed by atoms with E-state index in [0.717, 1.165) is 29.2 Å². The second-order valence-corrected chi connectivity index (χ2v) is 5.75. The number of benzene rings is 1. The van der Waals surface area contributed by atoms with Crippen molar-refractivity contribution in [2.45, 2.75) is 32.3 Å². The van der Waals surface area contributed by atoms with Crippen molar-refractivity contribution in [3.05, 3.63) is 52.2 Å². The quantitative estimate of drug-likeness (QED) is 0.633. The first-order valence-electron chi connectivity index (χ1n) is 7.25. The molecule has 21 heavy (non-hydrogen) atoms. The Morgan fingerprint density at radius 1 is 1.19 bits per heavy atom. The van der Waals surface area contributed by atoms with Crippen LogP contribution in [-0.4, -0.2) is 11.7 Å². The van der Waals surface area contributed by atoms with E-state index < -0.39 is 6.10 Å². The van der Waals surface area contributed by atoms with Crippen molar-refractivity contribution in [3.63, 3.8) is 0 Å². The molecule has 3 heteroatoms. The Bertz CT molecular complexity index is 576. The number of hydrogen-bond acceptors (Lipinski definition) is 3. The van der Waals surface area contributed by atoms with Crippen LogP contribution in [0.3, 0.4) is 0 Å². The lowest BCUT2D eigenvalue weighted by Gasteiger charge is -2.05. The van der Waals surface area contributed by atoms with Crippen molar-refractivity contribution in [1.29, 1.82) is 0 Å². The molecule has 0 aliphatic heterocycles. The Labute approximate surface area is 130 Å². The Morgan fingerprint density at radius 3 is 2.67 bits per heavy atom. The van der Waals surface area contributed by atoms with Gasteiger partial charge in [0, 0.05) is 10.4 Å². The van der Waals surface area contributed by atoms with Gasteiger partial charge in [-0.05, 0) is 42.1 Å². The van der Waals surface area contributed by atoms with Gasteiger partial charge >= 0.3 is 0 Å². The fourth-order valence-electron chi connectivity index (χ4n) is 1.85. The number of thiophene rings is 1. The normalized spacial score (nSPS) is 11.5. The summed E-state index contributed by atoms with van der Waals surface area (Å²) in [5.74, 6) is 6.71. The summed E-state index contributed by atoms with van der Waals surface area (Å²) in [6.07, 6.45) is 2.77. The molecule has 0 saturated heterocycles. The van der Waals surface area contributed by atoms with Crippen molar-refractivity contribution in [2.24, 2.45) is 0 Å². The summed E-state index contributed by atoms with van der Waals surface area (Å²) >= 11 is 1.51. The lowest BCUT2D eigenvalue weighted by atomic mass is 10.2. The summed E-state index contributed by atoms with van der Waals surface area (Å²) in [6, 6.07) is 11.5. The Hall–Kier alpha value is -1.76. The third-order valence-electron chi connectivity index (χ3n) is 3.04. The predicted octanol–water partition coefficient (Wildman–Crippen LogP) is 4.40. The van der Waals surface area contributed by atoms with Crippen LogP contribution >= 0.6 is 11.3 Å². The van der Waals surface area contributed by atoms with Gasteiger partial charge in [0.15, 0.2) is 0 Å². The minimum Gasteiger partial charge on any atom is -0.494 e. The highest BCUT2D eigenvalue weighted by Gasteiger charge is 2.03. The van der Waals surface area contributed by atoms with Crippen LogP contribution in [0.2, 0.25) is 0 Å². The molecule has 1 unspecified atom stereocenters. The standard InChI is InChI=1S/C18H20O2S/c1-2-3-4-13-20-16-10-7-15(8-11-16)9-12-17(19)18-6-5-14-21-18/h5-8,10-11,14,17,19H,2-4,13H2,1H3. The van der Waals surface area contributed by atoms with E-state index in [2.05, 4.69) is 18.8 Å². The van der Waals surface area contributed by atoms with Gasteiger partial charge in [-0.15, -0.1) is 11.3 Å². The molecule has 0 radical (unpaired) electrons. The fraction of sp³-hybridized carbons (Fsp3) is 0.333. The Morgan fingerprint density at radius 2 is 2.00 bits per heavy atom. The number of aliphatic hydroxyl groups is 1. The molecule has 2 aromatic rings. The van der Waals surface area contributed by atoms with E-state index in [9.17, 15) is 5.11 Å². The molecule has 1 N–H and O–H groups in total. The first-order chi connectivity index (χ1) is 10.3. The maximum absolute atomic E-state index is 9.90. The van der Waals surface area contributed by atoms with Crippen molar-refractivity contribution in [3.8, 4) is 17.6 Å². The van der Waals surface area contributed by atoms with Gasteiger partial charge in [-0.25, -0.2) is 0 Å². The Balaban J connectivity index is 1.88. The zero-order valence-corrected chi connectivity index (χ0v) is 13.0. The van der Waals surface area contributed by atoms with Crippen LogP contribution in [0.1, 0.15) is 42.7 Å². The van der Waals surface area contributed by atoms with Crippen LogP contribution in [0.25, 0.3) is 0 Å². The molecule has 0 bridgehead atoms. The third kappa shape index (κ3) is 5.26. The smallest absolute Gasteiger partial charge is 0.149 e. The zero-order chi connectivity index (χ0) is 14.9. The molecule has 1 heterocycles. The molecule has 0 aliphatic carbocycles. The summed E-state index contributed by atoms with van der Waals surface area (Å²) in [4.78, 5) is 0.873. The SMILES string of the molecule is CCCCCOc1ccc(C#CC(O)c2cccs2)cc1. The molecule has 1 aromatic heterocycles. The van der Waals surface area contributed by atoms with Crippen LogP contribution in [0.15, 0.2) is 41.8 Å². The van der Waals surface area contributed by atoms with Gasteiger partial charge in [0.25, 0.3) is 0 Å². The molecule has 0 fully saturated rings. The van der Waals surface area contributed by atoms with Crippen molar-refractivity contribution in [1.82, 2.24) is 0 Å². The fourth-order valence-corrected chi connectivity index (χ4v) is 2.51. The van der Waals surface area contributed by atoms with E-state index in [1.54, 1.807) is 0 Å². The van der Waals surface area contributed by atoms with Gasteiger partial charge in [0.2, 0.25) is 0 Å². The highest BCUT2D eigenvalue weighted by molar-refractivity contribution is 7.10. The minimum atomic E-state index is -0.713. The average molecular weight is 300 g/mol. The van der Waals surface area contributed by atoms with E-state index in [1.807, 2.05) is 41.8 Å². The monoisotopic (exact) mass is 300 g/mol. The lowest BCUT2D eigenvalue weighted by Crippen LogP contribution is -1.96. The molecule has 0 saturated carbocycles. The summed E-state index contributed by atoms with van der Waals surface area (Å²) < 4.78 is 5.65. The molecular weight excluding hydrogens is 280 g/mol. The van der Waals surface area contributed by atoms with E-state index >= 15 is 0 Å². The molecule has 0 amide bonds. The van der Waals surface area contributed by atoms with Crippen LogP contribution < -0.4 is 4.74 Å². The minimum absolute atomic E-state index is 0.713. The summed E-state index contributed by atoms with van der Waals surface area (Å²) in [6.45, 7) is 2.94. The molecule has 2 nitrogen and oxygen atoms in total. The third-order valence-corrected chi connectivity index (χ3v) is 3.96. The first kappa shape index (κ1) is 15.6. The second kappa shape index (κ2) is 8.51. The van der Waals surface area contributed by atoms with Gasteiger partial charge < -0.3 is 9.84 Å². The zero-order valence-electron chi connectivity index (χ0n) is 12.2. The average Bonchev–Trinajstić information content (AvgIpc) is 3.05. The summed E-state index contributed by atoms with van der Waals surface area (Å²) in [7, 11) is 0. The van der Waals surface area contributed by atoms with Crippen molar-refractivity contribution in [2.75, 3.05) is 6.61 Å².